The van der Waals surface area contributed by atoms with Gasteiger partial charge in [0.05, 0.1) is 4.90 Å². The molecule has 1 amide bonds. The molecule has 0 radical (unpaired) electrons. The van der Waals surface area contributed by atoms with Crippen LogP contribution < -0.4 is 9.62 Å². The van der Waals surface area contributed by atoms with E-state index in [-0.39, 0.29) is 10.8 Å². The number of hydrogen-bond acceptors (Lipinski definition) is 3. The van der Waals surface area contributed by atoms with E-state index in [0.29, 0.717) is 25.1 Å². The standard InChI is InChI=1S/C21H20N2O3S/c1-2-21(24)23-12-11-17-14-19(9-10-20(17)23)27(25,26)22-18-8-7-15-5-3-4-6-16(15)13-18/h3-10,13-14,22H,2,11-12H2,1H3. The van der Waals surface area contributed by atoms with Gasteiger partial charge in [-0.1, -0.05) is 37.3 Å². The van der Waals surface area contributed by atoms with Gasteiger partial charge in [-0.05, 0) is 53.1 Å². The lowest BCUT2D eigenvalue weighted by Crippen LogP contribution is -2.27. The molecule has 1 aliphatic rings. The highest BCUT2D eigenvalue weighted by Crippen LogP contribution is 2.31. The Morgan fingerprint density at radius 3 is 2.59 bits per heavy atom. The fraction of sp³-hybridized carbons (Fsp3) is 0.190. The van der Waals surface area contributed by atoms with Crippen LogP contribution in [0.2, 0.25) is 0 Å². The summed E-state index contributed by atoms with van der Waals surface area (Å²) < 4.78 is 28.3. The van der Waals surface area contributed by atoms with Crippen molar-refractivity contribution >= 4 is 38.1 Å². The molecule has 1 heterocycles. The van der Waals surface area contributed by atoms with E-state index in [1.807, 2.05) is 43.3 Å². The normalized spacial score (nSPS) is 13.6. The Balaban J connectivity index is 1.63. The first-order valence-electron chi connectivity index (χ1n) is 8.93. The summed E-state index contributed by atoms with van der Waals surface area (Å²) in [5.74, 6) is 0.0543. The molecule has 1 N–H and O–H groups in total. The molecule has 0 aliphatic carbocycles. The van der Waals surface area contributed by atoms with Crippen LogP contribution in [0.1, 0.15) is 18.9 Å². The highest BCUT2D eigenvalue weighted by atomic mass is 32.2. The number of benzene rings is 3. The molecule has 3 aromatic carbocycles. The molecule has 0 spiro atoms. The first-order chi connectivity index (χ1) is 13.0. The highest BCUT2D eigenvalue weighted by Gasteiger charge is 2.25. The SMILES string of the molecule is CCC(=O)N1CCc2cc(S(=O)(=O)Nc3ccc4ccccc4c3)ccc21. The fourth-order valence-corrected chi connectivity index (χ4v) is 4.56. The fourth-order valence-electron chi connectivity index (χ4n) is 3.46. The van der Waals surface area contributed by atoms with E-state index < -0.39 is 10.0 Å². The molecule has 3 aromatic rings. The second kappa shape index (κ2) is 6.70. The van der Waals surface area contributed by atoms with E-state index in [1.54, 1.807) is 29.2 Å². The summed E-state index contributed by atoms with van der Waals surface area (Å²) >= 11 is 0. The summed E-state index contributed by atoms with van der Waals surface area (Å²) in [6, 6.07) is 18.2. The van der Waals surface area contributed by atoms with Crippen LogP contribution in [0.15, 0.2) is 65.6 Å². The first-order valence-corrected chi connectivity index (χ1v) is 10.4. The minimum Gasteiger partial charge on any atom is -0.312 e. The Morgan fingerprint density at radius 2 is 1.81 bits per heavy atom. The number of hydrogen-bond donors (Lipinski definition) is 1. The predicted octanol–water partition coefficient (Wildman–Crippen LogP) is 3.94. The van der Waals surface area contributed by atoms with Gasteiger partial charge in [0.1, 0.15) is 0 Å². The topological polar surface area (TPSA) is 66.5 Å². The predicted molar refractivity (Wildman–Crippen MR) is 108 cm³/mol. The lowest BCUT2D eigenvalue weighted by molar-refractivity contribution is -0.118. The Bertz CT molecular complexity index is 1140. The number of nitrogens with zero attached hydrogens (tertiary/aromatic N) is 1. The van der Waals surface area contributed by atoms with Crippen LogP contribution in [0.4, 0.5) is 11.4 Å². The number of fused-ring (bicyclic) bond motifs is 2. The average Bonchev–Trinajstić information content (AvgIpc) is 3.10. The third-order valence-electron chi connectivity index (χ3n) is 4.86. The number of carbonyl (C=O) groups is 1. The molecule has 27 heavy (non-hydrogen) atoms. The summed E-state index contributed by atoms with van der Waals surface area (Å²) in [7, 11) is -3.70. The van der Waals surface area contributed by atoms with Gasteiger partial charge < -0.3 is 4.90 Å². The summed E-state index contributed by atoms with van der Waals surface area (Å²) in [6.07, 6.45) is 1.10. The van der Waals surface area contributed by atoms with Gasteiger partial charge in [0.15, 0.2) is 0 Å². The van der Waals surface area contributed by atoms with Crippen molar-refractivity contribution in [3.63, 3.8) is 0 Å². The summed E-state index contributed by atoms with van der Waals surface area (Å²) in [6.45, 7) is 2.43. The van der Waals surface area contributed by atoms with Crippen LogP contribution in [0.25, 0.3) is 10.8 Å². The molecule has 0 unspecified atom stereocenters. The van der Waals surface area contributed by atoms with Crippen LogP contribution in [-0.2, 0) is 21.2 Å². The third-order valence-corrected chi connectivity index (χ3v) is 6.24. The van der Waals surface area contributed by atoms with E-state index >= 15 is 0 Å². The van der Waals surface area contributed by atoms with E-state index in [9.17, 15) is 13.2 Å². The van der Waals surface area contributed by atoms with Crippen LogP contribution in [0.3, 0.4) is 0 Å². The molecule has 4 rings (SSSR count). The summed E-state index contributed by atoms with van der Waals surface area (Å²) in [4.78, 5) is 13.9. The Morgan fingerprint density at radius 1 is 1.04 bits per heavy atom. The molecular weight excluding hydrogens is 360 g/mol. The van der Waals surface area contributed by atoms with E-state index in [1.165, 1.54) is 0 Å². The quantitative estimate of drug-likeness (QED) is 0.745. The molecule has 0 saturated heterocycles. The number of rotatable bonds is 4. The monoisotopic (exact) mass is 380 g/mol. The average molecular weight is 380 g/mol. The van der Waals surface area contributed by atoms with Crippen molar-refractivity contribution in [1.29, 1.82) is 0 Å². The maximum absolute atomic E-state index is 12.8. The molecule has 138 valence electrons. The van der Waals surface area contributed by atoms with Crippen molar-refractivity contribution in [3.05, 3.63) is 66.2 Å². The number of anilines is 2. The minimum absolute atomic E-state index is 0.0543. The van der Waals surface area contributed by atoms with E-state index in [0.717, 1.165) is 22.0 Å². The highest BCUT2D eigenvalue weighted by molar-refractivity contribution is 7.92. The number of carbonyl (C=O) groups excluding carboxylic acids is 1. The van der Waals surface area contributed by atoms with Gasteiger partial charge in [-0.2, -0.15) is 0 Å². The van der Waals surface area contributed by atoms with Crippen molar-refractivity contribution in [2.75, 3.05) is 16.2 Å². The molecule has 1 aliphatic heterocycles. The maximum atomic E-state index is 12.8. The smallest absolute Gasteiger partial charge is 0.261 e. The zero-order valence-electron chi connectivity index (χ0n) is 15.0. The van der Waals surface area contributed by atoms with Gasteiger partial charge in [0, 0.05) is 24.3 Å². The van der Waals surface area contributed by atoms with Gasteiger partial charge in [0.25, 0.3) is 10.0 Å². The van der Waals surface area contributed by atoms with E-state index in [2.05, 4.69) is 4.72 Å². The van der Waals surface area contributed by atoms with Crippen molar-refractivity contribution in [2.24, 2.45) is 0 Å². The Labute approximate surface area is 158 Å². The molecule has 5 nitrogen and oxygen atoms in total. The molecule has 0 fully saturated rings. The third kappa shape index (κ3) is 3.28. The van der Waals surface area contributed by atoms with Gasteiger partial charge in [0.2, 0.25) is 5.91 Å². The van der Waals surface area contributed by atoms with Crippen molar-refractivity contribution < 1.29 is 13.2 Å². The van der Waals surface area contributed by atoms with Crippen molar-refractivity contribution in [2.45, 2.75) is 24.7 Å². The van der Waals surface area contributed by atoms with Crippen LogP contribution in [0.5, 0.6) is 0 Å². The first kappa shape index (κ1) is 17.5. The second-order valence-electron chi connectivity index (χ2n) is 6.61. The van der Waals surface area contributed by atoms with Gasteiger partial charge >= 0.3 is 0 Å². The Hall–Kier alpha value is -2.86. The molecule has 0 atom stereocenters. The molecule has 0 bridgehead atoms. The van der Waals surface area contributed by atoms with Crippen LogP contribution in [-0.4, -0.2) is 20.9 Å². The summed E-state index contributed by atoms with van der Waals surface area (Å²) in [5.41, 5.74) is 2.22. The molecule has 0 aromatic heterocycles. The van der Waals surface area contributed by atoms with Crippen molar-refractivity contribution in [3.8, 4) is 0 Å². The number of nitrogens with one attached hydrogen (secondary N) is 1. The molecule has 6 heteroatoms. The second-order valence-corrected chi connectivity index (χ2v) is 8.29. The minimum atomic E-state index is -3.70. The molecule has 0 saturated carbocycles. The zero-order chi connectivity index (χ0) is 19.0. The summed E-state index contributed by atoms with van der Waals surface area (Å²) in [5, 5.41) is 2.03. The lowest BCUT2D eigenvalue weighted by atomic mass is 10.1. The zero-order valence-corrected chi connectivity index (χ0v) is 15.8. The van der Waals surface area contributed by atoms with Crippen LogP contribution >= 0.6 is 0 Å². The largest absolute Gasteiger partial charge is 0.312 e. The number of sulfonamides is 1. The Kier molecular flexibility index (Phi) is 4.36. The number of amides is 1. The van der Waals surface area contributed by atoms with Gasteiger partial charge in [-0.25, -0.2) is 8.42 Å². The lowest BCUT2D eigenvalue weighted by Gasteiger charge is -2.16. The van der Waals surface area contributed by atoms with E-state index in [4.69, 9.17) is 0 Å². The maximum Gasteiger partial charge on any atom is 0.261 e. The van der Waals surface area contributed by atoms with Gasteiger partial charge in [-0.3, -0.25) is 9.52 Å². The van der Waals surface area contributed by atoms with Crippen LogP contribution in [0, 0.1) is 0 Å². The van der Waals surface area contributed by atoms with Gasteiger partial charge in [-0.15, -0.1) is 0 Å². The van der Waals surface area contributed by atoms with Crippen molar-refractivity contribution in [1.82, 2.24) is 0 Å². The molecular formula is C21H20N2O3S.